The molecule has 3 nitrogen and oxygen atoms in total. The minimum Gasteiger partial charge on any atom is -0.292 e. The Morgan fingerprint density at radius 3 is 2.07 bits per heavy atom. The fourth-order valence-corrected chi connectivity index (χ4v) is 3.92. The van der Waals surface area contributed by atoms with Crippen molar-refractivity contribution in [2.24, 2.45) is 10.1 Å². The number of aliphatic imine (C=N–C) groups is 1. The number of rotatable bonds is 4. The lowest BCUT2D eigenvalue weighted by Gasteiger charge is -2.20. The maximum Gasteiger partial charge on any atom is 0.0729 e. The van der Waals surface area contributed by atoms with Gasteiger partial charge in [0.2, 0.25) is 0 Å². The summed E-state index contributed by atoms with van der Waals surface area (Å²) in [5.74, 6) is 0. The Balaban J connectivity index is 1.84. The molecule has 1 aliphatic carbocycles. The molecule has 0 amide bonds. The van der Waals surface area contributed by atoms with Crippen LogP contribution in [0, 0.1) is 0 Å². The molecule has 1 aliphatic rings. The van der Waals surface area contributed by atoms with Gasteiger partial charge in [0.1, 0.15) is 0 Å². The number of hydrogen-bond acceptors (Lipinski definition) is 3. The van der Waals surface area contributed by atoms with Crippen LogP contribution in [0.5, 0.6) is 0 Å². The van der Waals surface area contributed by atoms with Gasteiger partial charge in [-0.2, -0.15) is 5.10 Å². The Morgan fingerprint density at radius 2 is 1.37 bits per heavy atom. The number of fused-ring (bicyclic) bond motifs is 2. The lowest BCUT2D eigenvalue weighted by atomic mass is 9.86. The van der Waals surface area contributed by atoms with Gasteiger partial charge in [-0.25, -0.2) is 0 Å². The molecule has 0 bridgehead atoms. The molecule has 0 heterocycles. The zero-order valence-corrected chi connectivity index (χ0v) is 17.2. The number of nitrogens with one attached hydrogen (secondary N) is 1. The zero-order valence-electron chi connectivity index (χ0n) is 17.2. The molecule has 148 valence electrons. The van der Waals surface area contributed by atoms with Crippen LogP contribution in [-0.2, 0) is 0 Å². The highest BCUT2D eigenvalue weighted by Crippen LogP contribution is 2.28. The molecule has 0 radical (unpaired) electrons. The lowest BCUT2D eigenvalue weighted by Crippen LogP contribution is -2.17. The maximum absolute atomic E-state index is 4.88. The van der Waals surface area contributed by atoms with Crippen LogP contribution in [0.1, 0.15) is 24.0 Å². The number of nitrogens with zero attached hydrogens (tertiary/aromatic N) is 2. The van der Waals surface area contributed by atoms with E-state index in [1.165, 1.54) is 5.39 Å². The van der Waals surface area contributed by atoms with E-state index >= 15 is 0 Å². The van der Waals surface area contributed by atoms with E-state index in [1.807, 2.05) is 49.5 Å². The van der Waals surface area contributed by atoms with Crippen molar-refractivity contribution < 1.29 is 0 Å². The Bertz CT molecular complexity index is 1210. The summed E-state index contributed by atoms with van der Waals surface area (Å²) in [7, 11) is 1.84. The van der Waals surface area contributed by atoms with Crippen molar-refractivity contribution in [3.05, 3.63) is 114 Å². The van der Waals surface area contributed by atoms with E-state index < -0.39 is 0 Å². The van der Waals surface area contributed by atoms with Crippen LogP contribution in [0.3, 0.4) is 0 Å². The Hall–Kier alpha value is -3.72. The number of hydrazone groups is 1. The van der Waals surface area contributed by atoms with Gasteiger partial charge < -0.3 is 0 Å². The molecule has 0 aliphatic heterocycles. The lowest BCUT2D eigenvalue weighted by molar-refractivity contribution is 1.17. The molecule has 0 fully saturated rings. The van der Waals surface area contributed by atoms with Crippen LogP contribution in [0.4, 0.5) is 5.69 Å². The molecule has 3 aromatic rings. The predicted octanol–water partition coefficient (Wildman–Crippen LogP) is 6.54. The summed E-state index contributed by atoms with van der Waals surface area (Å²) in [5.41, 5.74) is 10.7. The zero-order chi connectivity index (χ0) is 20.9. The molecule has 1 N–H and O–H groups in total. The van der Waals surface area contributed by atoms with E-state index in [0.29, 0.717) is 6.42 Å². The second kappa shape index (κ2) is 8.75. The highest BCUT2D eigenvalue weighted by molar-refractivity contribution is 6.15. The maximum atomic E-state index is 4.88. The van der Waals surface area contributed by atoms with E-state index in [-0.39, 0.29) is 0 Å². The molecule has 0 unspecified atom stereocenters. The van der Waals surface area contributed by atoms with Gasteiger partial charge in [-0.3, -0.25) is 10.4 Å². The molecule has 0 atom stereocenters. The standard InChI is InChI=1S/C27H25N3/c1-4-19-17-26(28-3)23-14-8-9-15-24(23)27(18-20(19)5-2)30-29-25-16-10-12-21-11-6-7-13-22(21)25/h4-16,29H,1-2,17-18H2,3H3/b20-19-,28-26?,30-27+. The normalized spacial score (nSPS) is 19.2. The molecular formula is C27H25N3. The van der Waals surface area contributed by atoms with E-state index in [1.54, 1.807) is 0 Å². The Kier molecular flexibility index (Phi) is 5.71. The third kappa shape index (κ3) is 3.74. The van der Waals surface area contributed by atoms with Crippen molar-refractivity contribution >= 4 is 27.9 Å². The summed E-state index contributed by atoms with van der Waals surface area (Å²) in [6.07, 6.45) is 5.23. The largest absolute Gasteiger partial charge is 0.292 e. The van der Waals surface area contributed by atoms with Crippen molar-refractivity contribution in [3.63, 3.8) is 0 Å². The number of anilines is 1. The van der Waals surface area contributed by atoms with Gasteiger partial charge >= 0.3 is 0 Å². The summed E-state index contributed by atoms with van der Waals surface area (Å²) >= 11 is 0. The molecule has 30 heavy (non-hydrogen) atoms. The molecule has 0 saturated heterocycles. The monoisotopic (exact) mass is 391 g/mol. The fourth-order valence-electron chi connectivity index (χ4n) is 3.92. The van der Waals surface area contributed by atoms with Gasteiger partial charge in [0.25, 0.3) is 0 Å². The van der Waals surface area contributed by atoms with Crippen LogP contribution in [-0.4, -0.2) is 18.5 Å². The average molecular weight is 392 g/mol. The molecular weight excluding hydrogens is 366 g/mol. The van der Waals surface area contributed by atoms with Gasteiger partial charge in [-0.1, -0.05) is 86.0 Å². The van der Waals surface area contributed by atoms with Gasteiger partial charge in [0.15, 0.2) is 0 Å². The van der Waals surface area contributed by atoms with E-state index in [0.717, 1.165) is 51.2 Å². The highest BCUT2D eigenvalue weighted by atomic mass is 15.3. The second-order valence-corrected chi connectivity index (χ2v) is 7.23. The SMILES string of the molecule is C=C/C1=C(\C=C)C/C(=N\Nc2cccc3ccccc23)c2ccccc2C(=NC)C1. The number of allylic oxidation sites excluding steroid dienone is 4. The predicted molar refractivity (Wildman–Crippen MR) is 130 cm³/mol. The first kappa shape index (κ1) is 19.6. The van der Waals surface area contributed by atoms with Gasteiger partial charge in [-0.05, 0) is 22.6 Å². The third-order valence-electron chi connectivity index (χ3n) is 5.54. The number of hydrogen-bond donors (Lipinski definition) is 1. The van der Waals surface area contributed by atoms with Crippen molar-refractivity contribution in [2.45, 2.75) is 12.8 Å². The molecule has 3 aromatic carbocycles. The summed E-state index contributed by atoms with van der Waals surface area (Å²) in [6, 6.07) is 22.8. The number of benzene rings is 3. The summed E-state index contributed by atoms with van der Waals surface area (Å²) < 4.78 is 0. The first-order valence-electron chi connectivity index (χ1n) is 10.1. The Labute approximate surface area is 177 Å². The van der Waals surface area contributed by atoms with Crippen LogP contribution in [0.15, 0.2) is 113 Å². The van der Waals surface area contributed by atoms with Crippen LogP contribution >= 0.6 is 0 Å². The molecule has 3 heteroatoms. The van der Waals surface area contributed by atoms with Crippen LogP contribution in [0.2, 0.25) is 0 Å². The van der Waals surface area contributed by atoms with Crippen molar-refractivity contribution in [2.75, 3.05) is 12.5 Å². The topological polar surface area (TPSA) is 36.8 Å². The van der Waals surface area contributed by atoms with Gasteiger partial charge in [0, 0.05) is 42.1 Å². The first-order chi connectivity index (χ1) is 14.7. The van der Waals surface area contributed by atoms with Crippen molar-refractivity contribution in [3.8, 4) is 0 Å². The molecule has 0 spiro atoms. The van der Waals surface area contributed by atoms with Crippen LogP contribution in [0.25, 0.3) is 10.8 Å². The smallest absolute Gasteiger partial charge is 0.0729 e. The van der Waals surface area contributed by atoms with Gasteiger partial charge in [0.05, 0.1) is 11.4 Å². The van der Waals surface area contributed by atoms with Crippen LogP contribution < -0.4 is 5.43 Å². The fraction of sp³-hybridized carbons (Fsp3) is 0.111. The minimum absolute atomic E-state index is 0.677. The Morgan fingerprint density at radius 1 is 0.767 bits per heavy atom. The molecule has 0 aromatic heterocycles. The van der Waals surface area contributed by atoms with Gasteiger partial charge in [-0.15, -0.1) is 0 Å². The van der Waals surface area contributed by atoms with Crippen molar-refractivity contribution in [1.29, 1.82) is 0 Å². The highest BCUT2D eigenvalue weighted by Gasteiger charge is 2.20. The summed E-state index contributed by atoms with van der Waals surface area (Å²) in [6.45, 7) is 8.05. The minimum atomic E-state index is 0.677. The van der Waals surface area contributed by atoms with E-state index in [2.05, 4.69) is 60.0 Å². The van der Waals surface area contributed by atoms with E-state index in [9.17, 15) is 0 Å². The molecule has 4 rings (SSSR count). The third-order valence-corrected chi connectivity index (χ3v) is 5.54. The summed E-state index contributed by atoms with van der Waals surface area (Å²) in [4.78, 5) is 4.58. The molecule has 0 saturated carbocycles. The first-order valence-corrected chi connectivity index (χ1v) is 10.1. The second-order valence-electron chi connectivity index (χ2n) is 7.23. The quantitative estimate of drug-likeness (QED) is 0.504. The van der Waals surface area contributed by atoms with E-state index in [4.69, 9.17) is 5.10 Å². The summed E-state index contributed by atoms with van der Waals surface area (Å²) in [5, 5.41) is 7.20. The average Bonchev–Trinajstić information content (AvgIpc) is 2.79. The van der Waals surface area contributed by atoms with Crippen molar-refractivity contribution in [1.82, 2.24) is 0 Å².